The van der Waals surface area contributed by atoms with E-state index in [4.69, 9.17) is 5.10 Å². The third kappa shape index (κ3) is 4.65. The van der Waals surface area contributed by atoms with Gasteiger partial charge in [-0.3, -0.25) is 4.68 Å². The zero-order valence-corrected chi connectivity index (χ0v) is 26.7. The molecule has 2 aliphatic rings. The smallest absolute Gasteiger partial charge is 0.231 e. The molecule has 232 valence electrons. The van der Waals surface area contributed by atoms with Crippen LogP contribution in [-0.2, 0) is 18.4 Å². The van der Waals surface area contributed by atoms with Crippen LogP contribution in [0.2, 0.25) is 0 Å². The number of aryl methyl sites for hydroxylation is 1. The van der Waals surface area contributed by atoms with Crippen molar-refractivity contribution in [3.63, 3.8) is 0 Å². The van der Waals surface area contributed by atoms with E-state index in [0.717, 1.165) is 72.1 Å². The largest absolute Gasteiger partial charge is 0.251 e. The molecule has 0 amide bonds. The highest BCUT2D eigenvalue weighted by Crippen LogP contribution is 2.53. The van der Waals surface area contributed by atoms with E-state index in [0.29, 0.717) is 24.1 Å². The van der Waals surface area contributed by atoms with Crippen LogP contribution in [0.25, 0.3) is 33.9 Å². The van der Waals surface area contributed by atoms with Crippen molar-refractivity contribution < 1.29 is 17.9 Å². The van der Waals surface area contributed by atoms with Gasteiger partial charge in [0.2, 0.25) is 11.4 Å². The van der Waals surface area contributed by atoms with Gasteiger partial charge in [-0.1, -0.05) is 45.7 Å². The number of nitriles is 1. The van der Waals surface area contributed by atoms with E-state index < -0.39 is 17.0 Å². The fourth-order valence-electron chi connectivity index (χ4n) is 8.24. The van der Waals surface area contributed by atoms with Crippen molar-refractivity contribution in [3.8, 4) is 40.0 Å². The van der Waals surface area contributed by atoms with Crippen molar-refractivity contribution in [3.05, 3.63) is 114 Å². The van der Waals surface area contributed by atoms with Gasteiger partial charge in [-0.2, -0.15) is 19.5 Å². The van der Waals surface area contributed by atoms with Crippen LogP contribution in [0.4, 0.5) is 8.78 Å². The molecule has 0 radical (unpaired) electrons. The summed E-state index contributed by atoms with van der Waals surface area (Å²) in [6.07, 6.45) is 10.0. The van der Waals surface area contributed by atoms with E-state index >= 15 is 8.78 Å². The number of halogens is 2. The van der Waals surface area contributed by atoms with Gasteiger partial charge < -0.3 is 0 Å². The van der Waals surface area contributed by atoms with E-state index in [-0.39, 0.29) is 12.1 Å². The maximum absolute atomic E-state index is 16.2. The van der Waals surface area contributed by atoms with Crippen LogP contribution >= 0.6 is 0 Å². The molecule has 46 heavy (non-hydrogen) atoms. The number of pyridine rings is 2. The van der Waals surface area contributed by atoms with Gasteiger partial charge in [-0.05, 0) is 60.7 Å². The summed E-state index contributed by atoms with van der Waals surface area (Å²) in [5.74, 6) is -1.06. The molecule has 3 aromatic heterocycles. The van der Waals surface area contributed by atoms with Crippen LogP contribution in [0.15, 0.2) is 85.2 Å². The Bertz CT molecular complexity index is 1970. The van der Waals surface area contributed by atoms with Crippen LogP contribution in [0, 0.1) is 23.0 Å². The average molecular weight is 616 g/mol. The summed E-state index contributed by atoms with van der Waals surface area (Å²) in [7, 11) is 0. The number of benzene rings is 2. The van der Waals surface area contributed by atoms with Gasteiger partial charge in [0.25, 0.3) is 0 Å². The lowest BCUT2D eigenvalue weighted by molar-refractivity contribution is -0.768. The topological polar surface area (TPSA) is 49.4 Å². The summed E-state index contributed by atoms with van der Waals surface area (Å²) in [5, 5.41) is 14.4. The molecule has 3 atom stereocenters. The van der Waals surface area contributed by atoms with Gasteiger partial charge in [0.15, 0.2) is 24.5 Å². The molecule has 5 nitrogen and oxygen atoms in total. The van der Waals surface area contributed by atoms with Crippen molar-refractivity contribution in [2.24, 2.45) is 0 Å². The van der Waals surface area contributed by atoms with E-state index in [2.05, 4.69) is 77.3 Å². The zero-order chi connectivity index (χ0) is 32.0. The first kappa shape index (κ1) is 30.0. The average Bonchev–Trinajstić information content (AvgIpc) is 3.52. The summed E-state index contributed by atoms with van der Waals surface area (Å²) in [6, 6.07) is 24.7. The molecule has 0 saturated carbocycles. The number of aromatic nitrogens is 4. The highest BCUT2D eigenvalue weighted by molar-refractivity contribution is 5.68. The van der Waals surface area contributed by atoms with E-state index in [1.54, 1.807) is 6.07 Å². The van der Waals surface area contributed by atoms with Crippen LogP contribution < -0.4 is 9.13 Å². The third-order valence-electron chi connectivity index (χ3n) is 10.4. The van der Waals surface area contributed by atoms with Crippen molar-refractivity contribution in [2.75, 3.05) is 0 Å². The highest BCUT2D eigenvalue weighted by atomic mass is 19.1. The SMILES string of the molecule is CCCCCc1cc[n+]2c(c1)-c1c(F)cc(F)cc1C(CC)(C1Cn3nc(-c4ccc(C#N)cc4)cc3-c3cccc[n+]31)C2CC. The first-order chi connectivity index (χ1) is 22.4. The van der Waals surface area contributed by atoms with Crippen molar-refractivity contribution in [2.45, 2.75) is 83.3 Å². The second-order valence-electron chi connectivity index (χ2n) is 12.7. The highest BCUT2D eigenvalue weighted by Gasteiger charge is 2.61. The molecule has 3 unspecified atom stereocenters. The molecular weight excluding hydrogens is 576 g/mol. The maximum atomic E-state index is 16.2. The molecule has 0 bridgehead atoms. The molecule has 5 aromatic rings. The van der Waals surface area contributed by atoms with Crippen LogP contribution in [0.1, 0.15) is 81.6 Å². The lowest BCUT2D eigenvalue weighted by Crippen LogP contribution is -2.65. The van der Waals surface area contributed by atoms with Crippen molar-refractivity contribution >= 4 is 0 Å². The molecule has 0 saturated heterocycles. The number of rotatable bonds is 8. The van der Waals surface area contributed by atoms with E-state index in [9.17, 15) is 5.26 Å². The van der Waals surface area contributed by atoms with Gasteiger partial charge in [0.05, 0.1) is 22.9 Å². The Kier molecular flexibility index (Phi) is 7.76. The van der Waals surface area contributed by atoms with Gasteiger partial charge in [0.1, 0.15) is 29.3 Å². The number of hydrogen-bond donors (Lipinski definition) is 0. The Morgan fingerprint density at radius 3 is 2.50 bits per heavy atom. The molecule has 7 heteroatoms. The molecule has 0 fully saturated rings. The Labute approximate surface area is 269 Å². The summed E-state index contributed by atoms with van der Waals surface area (Å²) in [6.45, 7) is 7.08. The standard InChI is InChI=1S/C39H39F2N5/c1-4-7-8-11-26-17-19-45-35(20-26)38-30(21-29(40)22-31(38)41)39(6-3,36(45)5-2)37-25-46-34(33-12-9-10-18-44(33)37)23-32(43-46)28-15-13-27(24-42)14-16-28/h9-10,12-23,36-37H,4-8,11,25H2,1-3H3/q+2. The maximum Gasteiger partial charge on any atom is 0.231 e. The van der Waals surface area contributed by atoms with Gasteiger partial charge in [-0.25, -0.2) is 8.78 Å². The minimum Gasteiger partial charge on any atom is -0.251 e. The molecular formula is C39H39F2N5+2. The quantitative estimate of drug-likeness (QED) is 0.131. The fourth-order valence-corrected chi connectivity index (χ4v) is 8.24. The number of fused-ring (bicyclic) bond motifs is 6. The first-order valence-electron chi connectivity index (χ1n) is 16.6. The predicted octanol–water partition coefficient (Wildman–Crippen LogP) is 8.21. The van der Waals surface area contributed by atoms with Crippen molar-refractivity contribution in [1.29, 1.82) is 5.26 Å². The first-order valence-corrected chi connectivity index (χ1v) is 16.6. The van der Waals surface area contributed by atoms with Crippen LogP contribution in [0.3, 0.4) is 0 Å². The molecule has 0 N–H and O–H groups in total. The van der Waals surface area contributed by atoms with Crippen molar-refractivity contribution in [1.82, 2.24) is 9.78 Å². The number of hydrogen-bond acceptors (Lipinski definition) is 2. The zero-order valence-electron chi connectivity index (χ0n) is 26.7. The molecule has 2 aliphatic heterocycles. The third-order valence-corrected chi connectivity index (χ3v) is 10.4. The monoisotopic (exact) mass is 615 g/mol. The second kappa shape index (κ2) is 11.9. The fraction of sp³-hybridized carbons (Fsp3) is 0.333. The molecule has 0 spiro atoms. The Morgan fingerprint density at radius 1 is 0.935 bits per heavy atom. The molecule has 7 rings (SSSR count). The second-order valence-corrected chi connectivity index (χ2v) is 12.7. The van der Waals surface area contributed by atoms with Crippen LogP contribution in [0.5, 0.6) is 0 Å². The summed E-state index contributed by atoms with van der Waals surface area (Å²) in [4.78, 5) is 0. The Morgan fingerprint density at radius 2 is 1.76 bits per heavy atom. The van der Waals surface area contributed by atoms with Crippen LogP contribution in [-0.4, -0.2) is 9.78 Å². The summed E-state index contributed by atoms with van der Waals surface area (Å²) < 4.78 is 38.2. The normalized spacial score (nSPS) is 19.5. The van der Waals surface area contributed by atoms with Gasteiger partial charge >= 0.3 is 0 Å². The minimum atomic E-state index is -0.645. The minimum absolute atomic E-state index is 0.0495. The lowest BCUT2D eigenvalue weighted by Gasteiger charge is -2.44. The van der Waals surface area contributed by atoms with Gasteiger partial charge in [0, 0.05) is 42.3 Å². The summed E-state index contributed by atoms with van der Waals surface area (Å²) in [5.41, 5.74) is 6.96. The Hall–Kier alpha value is -4.70. The number of unbranched alkanes of at least 4 members (excludes halogenated alkanes) is 2. The summed E-state index contributed by atoms with van der Waals surface area (Å²) >= 11 is 0. The Balaban J connectivity index is 1.42. The van der Waals surface area contributed by atoms with E-state index in [1.807, 2.05) is 36.4 Å². The molecule has 2 aromatic carbocycles. The van der Waals surface area contributed by atoms with E-state index in [1.165, 1.54) is 5.56 Å². The predicted molar refractivity (Wildman–Crippen MR) is 174 cm³/mol. The number of nitrogens with zero attached hydrogens (tertiary/aromatic N) is 5. The van der Waals surface area contributed by atoms with Gasteiger partial charge in [-0.15, -0.1) is 0 Å². The molecule has 5 heterocycles. The lowest BCUT2D eigenvalue weighted by atomic mass is 9.61. The molecule has 0 aliphatic carbocycles.